The highest BCUT2D eigenvalue weighted by molar-refractivity contribution is 5.91. The number of amides is 2. The Labute approximate surface area is 241 Å². The predicted octanol–water partition coefficient (Wildman–Crippen LogP) is 5.02. The molecule has 3 aliphatic rings. The average Bonchev–Trinajstić information content (AvgIpc) is 3.38. The largest absolute Gasteiger partial charge is 0.390 e. The number of nitrogens with zero attached hydrogens (tertiary/aromatic N) is 3. The summed E-state index contributed by atoms with van der Waals surface area (Å²) in [5, 5.41) is 22.1. The minimum Gasteiger partial charge on any atom is -0.390 e. The summed E-state index contributed by atoms with van der Waals surface area (Å²) in [6, 6.07) is 20.2. The first-order chi connectivity index (χ1) is 19.7. The monoisotopic (exact) mass is 553 g/mol. The summed E-state index contributed by atoms with van der Waals surface area (Å²) in [6.07, 6.45) is 7.01. The van der Waals surface area contributed by atoms with Gasteiger partial charge >= 0.3 is 0 Å². The minimum atomic E-state index is -0.715. The van der Waals surface area contributed by atoms with Crippen molar-refractivity contribution in [1.82, 2.24) is 15.1 Å². The summed E-state index contributed by atoms with van der Waals surface area (Å²) in [5.41, 5.74) is 9.79. The van der Waals surface area contributed by atoms with Crippen LogP contribution < -0.4 is 11.1 Å². The number of benzene rings is 2. The lowest BCUT2D eigenvalue weighted by Crippen LogP contribution is -2.58. The maximum absolute atomic E-state index is 13.0. The molecule has 0 atom stereocenters. The van der Waals surface area contributed by atoms with Gasteiger partial charge in [-0.1, -0.05) is 54.6 Å². The van der Waals surface area contributed by atoms with Crippen LogP contribution in [0.3, 0.4) is 0 Å². The van der Waals surface area contributed by atoms with Crippen LogP contribution in [0.4, 0.5) is 5.82 Å². The third-order valence-electron chi connectivity index (χ3n) is 9.11. The fourth-order valence-corrected chi connectivity index (χ4v) is 7.15. The van der Waals surface area contributed by atoms with Gasteiger partial charge in [0.15, 0.2) is 5.82 Å². The molecule has 0 unspecified atom stereocenters. The van der Waals surface area contributed by atoms with Crippen molar-refractivity contribution >= 4 is 17.6 Å². The Morgan fingerprint density at radius 2 is 1.73 bits per heavy atom. The molecule has 1 aliphatic heterocycles. The Bertz CT molecular complexity index is 1410. The summed E-state index contributed by atoms with van der Waals surface area (Å²) in [4.78, 5) is 27.2. The zero-order chi connectivity index (χ0) is 28.6. The first-order valence-corrected chi connectivity index (χ1v) is 14.8. The molecule has 6 rings (SSSR count). The van der Waals surface area contributed by atoms with Crippen LogP contribution in [-0.2, 0) is 15.1 Å². The van der Waals surface area contributed by atoms with Crippen molar-refractivity contribution in [3.63, 3.8) is 0 Å². The van der Waals surface area contributed by atoms with Gasteiger partial charge in [-0.3, -0.25) is 9.59 Å². The topological polar surface area (TPSA) is 121 Å². The predicted molar refractivity (Wildman–Crippen MR) is 159 cm³/mol. The number of anilines is 1. The number of carbonyl (C=O) groups is 2. The quantitative estimate of drug-likeness (QED) is 0.378. The van der Waals surface area contributed by atoms with Crippen LogP contribution in [0.25, 0.3) is 22.4 Å². The number of hydrogen-bond acceptors (Lipinski definition) is 6. The lowest BCUT2D eigenvalue weighted by molar-refractivity contribution is -0.130. The fraction of sp³-hybridized carbons (Fsp3) is 0.455. The highest BCUT2D eigenvalue weighted by atomic mass is 16.3. The van der Waals surface area contributed by atoms with E-state index in [1.165, 1.54) is 0 Å². The number of rotatable bonds is 7. The number of likely N-dealkylation sites (tertiary alicyclic amines) is 1. The molecule has 1 saturated heterocycles. The van der Waals surface area contributed by atoms with Gasteiger partial charge in [-0.25, -0.2) is 0 Å². The Morgan fingerprint density at radius 1 is 1.02 bits per heavy atom. The van der Waals surface area contributed by atoms with Gasteiger partial charge in [-0.05, 0) is 75.0 Å². The molecule has 41 heavy (non-hydrogen) atoms. The fourth-order valence-electron chi connectivity index (χ4n) is 7.15. The molecule has 3 aromatic rings. The van der Waals surface area contributed by atoms with Gasteiger partial charge in [0.2, 0.25) is 11.8 Å². The van der Waals surface area contributed by atoms with E-state index >= 15 is 0 Å². The van der Waals surface area contributed by atoms with Gasteiger partial charge in [0.25, 0.3) is 0 Å². The maximum atomic E-state index is 13.0. The zero-order valence-electron chi connectivity index (χ0n) is 23.7. The van der Waals surface area contributed by atoms with Crippen LogP contribution in [0.2, 0.25) is 0 Å². The SMILES string of the molecule is CC1(O)CC(N)(c2ccc(-c3nnc(NC(=O)C[C@H]4CC[C@H](N5CCCC5=O)CC4)cc3-c3ccccc3)cc2)C1. The lowest BCUT2D eigenvalue weighted by atomic mass is 9.63. The molecule has 0 bridgehead atoms. The van der Waals surface area contributed by atoms with Crippen molar-refractivity contribution in [2.45, 2.75) is 81.9 Å². The van der Waals surface area contributed by atoms with Gasteiger partial charge in [0, 0.05) is 42.1 Å². The van der Waals surface area contributed by atoms with Crippen molar-refractivity contribution < 1.29 is 14.7 Å². The third kappa shape index (κ3) is 5.90. The molecule has 3 fully saturated rings. The molecule has 2 saturated carbocycles. The normalized spacial score (nSPS) is 27.9. The van der Waals surface area contributed by atoms with Gasteiger partial charge in [0.1, 0.15) is 5.69 Å². The van der Waals surface area contributed by atoms with Gasteiger partial charge in [0.05, 0.1) is 5.60 Å². The molecule has 2 heterocycles. The van der Waals surface area contributed by atoms with Crippen LogP contribution in [-0.4, -0.2) is 50.2 Å². The van der Waals surface area contributed by atoms with Crippen molar-refractivity contribution in [2.24, 2.45) is 11.7 Å². The van der Waals surface area contributed by atoms with E-state index in [1.807, 2.05) is 67.6 Å². The summed E-state index contributed by atoms with van der Waals surface area (Å²) in [7, 11) is 0. The summed E-state index contributed by atoms with van der Waals surface area (Å²) >= 11 is 0. The van der Waals surface area contributed by atoms with E-state index in [0.717, 1.165) is 66.6 Å². The summed E-state index contributed by atoms with van der Waals surface area (Å²) in [6.45, 7) is 2.70. The number of nitrogens with one attached hydrogen (secondary N) is 1. The second kappa shape index (κ2) is 11.0. The summed E-state index contributed by atoms with van der Waals surface area (Å²) in [5.74, 6) is 0.978. The van der Waals surface area contributed by atoms with Crippen molar-refractivity contribution in [3.05, 3.63) is 66.2 Å². The molecule has 0 spiro atoms. The third-order valence-corrected chi connectivity index (χ3v) is 9.11. The molecule has 0 radical (unpaired) electrons. The number of hydrogen-bond donors (Lipinski definition) is 3. The van der Waals surface area contributed by atoms with E-state index in [4.69, 9.17) is 5.73 Å². The smallest absolute Gasteiger partial charge is 0.225 e. The minimum absolute atomic E-state index is 0.0549. The highest BCUT2D eigenvalue weighted by Gasteiger charge is 2.49. The molecule has 214 valence electrons. The second-order valence-corrected chi connectivity index (χ2v) is 12.6. The first-order valence-electron chi connectivity index (χ1n) is 14.8. The van der Waals surface area contributed by atoms with Crippen LogP contribution in [0, 0.1) is 5.92 Å². The van der Waals surface area contributed by atoms with Crippen LogP contribution in [0.5, 0.6) is 0 Å². The van der Waals surface area contributed by atoms with E-state index < -0.39 is 11.1 Å². The Hall–Kier alpha value is -3.62. The Kier molecular flexibility index (Phi) is 7.38. The maximum Gasteiger partial charge on any atom is 0.225 e. The van der Waals surface area contributed by atoms with Gasteiger partial charge in [-0.15, -0.1) is 10.2 Å². The van der Waals surface area contributed by atoms with E-state index in [9.17, 15) is 14.7 Å². The second-order valence-electron chi connectivity index (χ2n) is 12.6. The molecule has 2 aromatic carbocycles. The molecular weight excluding hydrogens is 514 g/mol. The molecule has 2 amide bonds. The van der Waals surface area contributed by atoms with Crippen LogP contribution >= 0.6 is 0 Å². The standard InChI is InChI=1S/C33H39N5O3/c1-32(41)20-33(34,21-32)25-13-11-24(12-14-25)31-27(23-6-3-2-4-7-23)19-28(36-37-31)35-29(39)18-22-9-15-26(16-10-22)38-17-5-8-30(38)40/h2-4,6-7,11-14,19,22,26,41H,5,8-10,15-18,20-21,34H2,1H3,(H,35,36,39)/t22-,26-,32?,33?. The highest BCUT2D eigenvalue weighted by Crippen LogP contribution is 2.46. The van der Waals surface area contributed by atoms with E-state index in [1.54, 1.807) is 0 Å². The Balaban J connectivity index is 1.15. The molecule has 1 aromatic heterocycles. The van der Waals surface area contributed by atoms with E-state index in [-0.39, 0.29) is 11.8 Å². The molecule has 4 N–H and O–H groups in total. The average molecular weight is 554 g/mol. The van der Waals surface area contributed by atoms with Gasteiger partial charge in [-0.2, -0.15) is 0 Å². The van der Waals surface area contributed by atoms with E-state index in [0.29, 0.717) is 43.5 Å². The van der Waals surface area contributed by atoms with Crippen LogP contribution in [0.15, 0.2) is 60.7 Å². The number of aromatic nitrogens is 2. The number of aliphatic hydroxyl groups is 1. The van der Waals surface area contributed by atoms with Gasteiger partial charge < -0.3 is 21.1 Å². The first kappa shape index (κ1) is 27.5. The van der Waals surface area contributed by atoms with Crippen molar-refractivity contribution in [2.75, 3.05) is 11.9 Å². The lowest BCUT2D eigenvalue weighted by Gasteiger charge is -2.49. The van der Waals surface area contributed by atoms with Crippen molar-refractivity contribution in [3.8, 4) is 22.4 Å². The molecular formula is C33H39N5O3. The Morgan fingerprint density at radius 3 is 2.37 bits per heavy atom. The van der Waals surface area contributed by atoms with E-state index in [2.05, 4.69) is 20.4 Å². The van der Waals surface area contributed by atoms with Crippen molar-refractivity contribution in [1.29, 1.82) is 0 Å². The molecule has 8 heteroatoms. The number of nitrogens with two attached hydrogens (primary N) is 1. The molecule has 2 aliphatic carbocycles. The number of carbonyl (C=O) groups excluding carboxylic acids is 2. The molecule has 8 nitrogen and oxygen atoms in total. The zero-order valence-corrected chi connectivity index (χ0v) is 23.7. The van der Waals surface area contributed by atoms with Crippen LogP contribution in [0.1, 0.15) is 70.3 Å². The summed E-state index contributed by atoms with van der Waals surface area (Å²) < 4.78 is 0.